The highest BCUT2D eigenvalue weighted by molar-refractivity contribution is 5.90. The molecule has 0 fully saturated rings. The van der Waals surface area contributed by atoms with Crippen LogP contribution in [0.2, 0.25) is 0 Å². The summed E-state index contributed by atoms with van der Waals surface area (Å²) in [5, 5.41) is 3.17. The van der Waals surface area contributed by atoms with Gasteiger partial charge in [0.15, 0.2) is 0 Å². The normalized spacial score (nSPS) is 9.50. The average Bonchev–Trinajstić information content (AvgIpc) is 2.34. The summed E-state index contributed by atoms with van der Waals surface area (Å²) >= 11 is 0. The van der Waals surface area contributed by atoms with Crippen molar-refractivity contribution in [3.63, 3.8) is 0 Å². The van der Waals surface area contributed by atoms with Gasteiger partial charge < -0.3 is 10.1 Å². The third-order valence-electron chi connectivity index (χ3n) is 2.18. The number of hydrogen-bond donors (Lipinski definition) is 1. The second kappa shape index (κ2) is 6.65. The molecule has 0 heterocycles. The Morgan fingerprint density at radius 2 is 2.25 bits per heavy atom. The van der Waals surface area contributed by atoms with Gasteiger partial charge in [0.2, 0.25) is 0 Å². The number of methoxy groups -OCH3 is 1. The molecular weight excluding hydrogens is 202 g/mol. The summed E-state index contributed by atoms with van der Waals surface area (Å²) in [5.74, 6) is 2.24. The summed E-state index contributed by atoms with van der Waals surface area (Å²) in [6, 6.07) is 7.36. The maximum absolute atomic E-state index is 11.4. The average molecular weight is 217 g/mol. The van der Waals surface area contributed by atoms with Crippen molar-refractivity contribution in [3.05, 3.63) is 35.4 Å². The van der Waals surface area contributed by atoms with Crippen LogP contribution in [-0.4, -0.2) is 19.6 Å². The molecule has 0 unspecified atom stereocenters. The summed E-state index contributed by atoms with van der Waals surface area (Å²) in [4.78, 5) is 11.4. The lowest BCUT2D eigenvalue weighted by Gasteiger charge is -2.08. The van der Waals surface area contributed by atoms with Crippen LogP contribution in [0.3, 0.4) is 0 Å². The van der Waals surface area contributed by atoms with Crippen molar-refractivity contribution in [3.8, 4) is 12.3 Å². The molecule has 0 saturated carbocycles. The lowest BCUT2D eigenvalue weighted by Crippen LogP contribution is -2.17. The van der Waals surface area contributed by atoms with E-state index in [1.807, 2.05) is 18.2 Å². The quantitative estimate of drug-likeness (QED) is 0.462. The number of rotatable bonds is 5. The standard InChI is InChI=1S/C13H15NO2/c1-3-4-9-14-10-11-7-5-6-8-12(11)13(15)16-2/h1,5-8,14H,4,9-10H2,2H3. The summed E-state index contributed by atoms with van der Waals surface area (Å²) in [7, 11) is 1.38. The summed E-state index contributed by atoms with van der Waals surface area (Å²) in [5.41, 5.74) is 1.52. The Hall–Kier alpha value is -1.79. The van der Waals surface area contributed by atoms with Gasteiger partial charge in [0, 0.05) is 19.5 Å². The predicted octanol–water partition coefficient (Wildman–Crippen LogP) is 1.59. The van der Waals surface area contributed by atoms with Gasteiger partial charge in [-0.15, -0.1) is 12.3 Å². The van der Waals surface area contributed by atoms with Gasteiger partial charge in [-0.25, -0.2) is 4.79 Å². The van der Waals surface area contributed by atoms with E-state index >= 15 is 0 Å². The highest BCUT2D eigenvalue weighted by Gasteiger charge is 2.09. The molecule has 0 aliphatic rings. The van der Waals surface area contributed by atoms with E-state index in [4.69, 9.17) is 11.2 Å². The summed E-state index contributed by atoms with van der Waals surface area (Å²) in [6.45, 7) is 1.36. The van der Waals surface area contributed by atoms with Crippen LogP contribution in [0.25, 0.3) is 0 Å². The molecule has 3 nitrogen and oxygen atoms in total. The van der Waals surface area contributed by atoms with Gasteiger partial charge in [-0.2, -0.15) is 0 Å². The van der Waals surface area contributed by atoms with E-state index in [2.05, 4.69) is 11.2 Å². The molecular formula is C13H15NO2. The van der Waals surface area contributed by atoms with Crippen LogP contribution in [0.15, 0.2) is 24.3 Å². The van der Waals surface area contributed by atoms with Crippen molar-refractivity contribution in [2.24, 2.45) is 0 Å². The number of hydrogen-bond acceptors (Lipinski definition) is 3. The first kappa shape index (κ1) is 12.3. The van der Waals surface area contributed by atoms with Crippen LogP contribution in [0.5, 0.6) is 0 Å². The van der Waals surface area contributed by atoms with Crippen LogP contribution in [0, 0.1) is 12.3 Å². The minimum atomic E-state index is -0.311. The molecule has 1 aromatic carbocycles. The smallest absolute Gasteiger partial charge is 0.338 e. The molecule has 0 saturated heterocycles. The molecule has 84 valence electrons. The van der Waals surface area contributed by atoms with Gasteiger partial charge in [0.1, 0.15) is 0 Å². The fourth-order valence-corrected chi connectivity index (χ4v) is 1.37. The maximum atomic E-state index is 11.4. The minimum absolute atomic E-state index is 0.311. The molecule has 16 heavy (non-hydrogen) atoms. The van der Waals surface area contributed by atoms with Crippen LogP contribution in [0.1, 0.15) is 22.3 Å². The molecule has 0 amide bonds. The van der Waals surface area contributed by atoms with E-state index in [1.54, 1.807) is 6.07 Å². The molecule has 0 radical (unpaired) electrons. The zero-order valence-corrected chi connectivity index (χ0v) is 9.32. The number of esters is 1. The Balaban J connectivity index is 2.65. The number of benzene rings is 1. The topological polar surface area (TPSA) is 38.3 Å². The number of terminal acetylenes is 1. The Morgan fingerprint density at radius 3 is 2.94 bits per heavy atom. The third-order valence-corrected chi connectivity index (χ3v) is 2.18. The Kier molecular flexibility index (Phi) is 5.10. The zero-order valence-electron chi connectivity index (χ0n) is 9.32. The third kappa shape index (κ3) is 3.41. The Bertz CT molecular complexity index is 393. The Morgan fingerprint density at radius 1 is 1.50 bits per heavy atom. The van der Waals surface area contributed by atoms with E-state index in [-0.39, 0.29) is 5.97 Å². The van der Waals surface area contributed by atoms with E-state index in [9.17, 15) is 4.79 Å². The maximum Gasteiger partial charge on any atom is 0.338 e. The lowest BCUT2D eigenvalue weighted by molar-refractivity contribution is 0.0599. The number of ether oxygens (including phenoxy) is 1. The summed E-state index contributed by atoms with van der Waals surface area (Å²) in [6.07, 6.45) is 5.82. The molecule has 0 aliphatic carbocycles. The molecule has 0 spiro atoms. The predicted molar refractivity (Wildman–Crippen MR) is 62.9 cm³/mol. The van der Waals surface area contributed by atoms with Crippen LogP contribution in [-0.2, 0) is 11.3 Å². The molecule has 1 rings (SSSR count). The molecule has 0 aromatic heterocycles. The van der Waals surface area contributed by atoms with E-state index in [0.29, 0.717) is 18.5 Å². The Labute approximate surface area is 95.8 Å². The van der Waals surface area contributed by atoms with Gasteiger partial charge in [-0.3, -0.25) is 0 Å². The van der Waals surface area contributed by atoms with Gasteiger partial charge in [0.05, 0.1) is 12.7 Å². The SMILES string of the molecule is C#CCCNCc1ccccc1C(=O)OC. The summed E-state index contributed by atoms with van der Waals surface area (Å²) < 4.78 is 4.71. The first-order valence-electron chi connectivity index (χ1n) is 5.10. The van der Waals surface area contributed by atoms with Crippen molar-refractivity contribution in [2.75, 3.05) is 13.7 Å². The fraction of sp³-hybridized carbons (Fsp3) is 0.308. The van der Waals surface area contributed by atoms with Crippen LogP contribution < -0.4 is 5.32 Å². The molecule has 1 N–H and O–H groups in total. The first-order chi connectivity index (χ1) is 7.79. The number of carbonyl (C=O) groups is 1. The number of nitrogens with one attached hydrogen (secondary N) is 1. The molecule has 3 heteroatoms. The van der Waals surface area contributed by atoms with Crippen LogP contribution >= 0.6 is 0 Å². The van der Waals surface area contributed by atoms with Gasteiger partial charge >= 0.3 is 5.97 Å². The fourth-order valence-electron chi connectivity index (χ4n) is 1.37. The highest BCUT2D eigenvalue weighted by Crippen LogP contribution is 2.09. The van der Waals surface area contributed by atoms with Crippen molar-refractivity contribution in [2.45, 2.75) is 13.0 Å². The molecule has 0 aliphatic heterocycles. The van der Waals surface area contributed by atoms with Gasteiger partial charge in [-0.1, -0.05) is 18.2 Å². The van der Waals surface area contributed by atoms with E-state index < -0.39 is 0 Å². The van der Waals surface area contributed by atoms with Crippen molar-refractivity contribution in [1.82, 2.24) is 5.32 Å². The van der Waals surface area contributed by atoms with E-state index in [1.165, 1.54) is 7.11 Å². The molecule has 0 atom stereocenters. The lowest BCUT2D eigenvalue weighted by atomic mass is 10.1. The first-order valence-corrected chi connectivity index (χ1v) is 5.10. The van der Waals surface area contributed by atoms with Gasteiger partial charge in [-0.05, 0) is 11.6 Å². The van der Waals surface area contributed by atoms with E-state index in [0.717, 1.165) is 12.1 Å². The number of carbonyl (C=O) groups excluding carboxylic acids is 1. The largest absolute Gasteiger partial charge is 0.465 e. The van der Waals surface area contributed by atoms with Crippen molar-refractivity contribution < 1.29 is 9.53 Å². The van der Waals surface area contributed by atoms with Crippen molar-refractivity contribution in [1.29, 1.82) is 0 Å². The van der Waals surface area contributed by atoms with Crippen LogP contribution in [0.4, 0.5) is 0 Å². The van der Waals surface area contributed by atoms with Gasteiger partial charge in [0.25, 0.3) is 0 Å². The second-order valence-electron chi connectivity index (χ2n) is 3.28. The molecule has 0 bridgehead atoms. The zero-order chi connectivity index (χ0) is 11.8. The monoisotopic (exact) mass is 217 g/mol. The van der Waals surface area contributed by atoms with Crippen molar-refractivity contribution >= 4 is 5.97 Å². The minimum Gasteiger partial charge on any atom is -0.465 e. The second-order valence-corrected chi connectivity index (χ2v) is 3.28. The highest BCUT2D eigenvalue weighted by atomic mass is 16.5. The molecule has 1 aromatic rings.